The van der Waals surface area contributed by atoms with Crippen LogP contribution < -0.4 is 3.44 Å². The van der Waals surface area contributed by atoms with Gasteiger partial charge in [0.15, 0.2) is 0 Å². The zero-order valence-electron chi connectivity index (χ0n) is 5.41. The van der Waals surface area contributed by atoms with Crippen LogP contribution >= 0.6 is 20.6 Å². The average molecular weight is 263 g/mol. The van der Waals surface area contributed by atoms with E-state index in [2.05, 4.69) is 3.07 Å². The molecule has 0 atom stereocenters. The zero-order chi connectivity index (χ0) is 7.84. The number of rotatable bonds is 0. The Morgan fingerprint density at radius 2 is 2.09 bits per heavy atom. The molecule has 0 aromatic heterocycles. The summed E-state index contributed by atoms with van der Waals surface area (Å²) in [7, 11) is 0. The van der Waals surface area contributed by atoms with E-state index in [1.807, 2.05) is 0 Å². The van der Waals surface area contributed by atoms with E-state index in [0.29, 0.717) is 9.13 Å². The molecule has 1 aliphatic heterocycles. The summed E-state index contributed by atoms with van der Waals surface area (Å²) >= 11 is -2.77. The van der Waals surface area contributed by atoms with Crippen LogP contribution in [0.15, 0.2) is 24.3 Å². The molecule has 0 unspecified atom stereocenters. The summed E-state index contributed by atoms with van der Waals surface area (Å²) in [5.41, 5.74) is 0.465. The van der Waals surface area contributed by atoms with E-state index in [1.54, 1.807) is 24.3 Å². The van der Waals surface area contributed by atoms with Crippen molar-refractivity contribution in [2.45, 2.75) is 0 Å². The van der Waals surface area contributed by atoms with E-state index in [9.17, 15) is 8.23 Å². The van der Waals surface area contributed by atoms with Gasteiger partial charge in [0.25, 0.3) is 0 Å². The van der Waals surface area contributed by atoms with Crippen LogP contribution in [0.5, 0.6) is 0 Å². The van der Waals surface area contributed by atoms with Crippen LogP contribution in [-0.2, 0) is 3.07 Å². The van der Waals surface area contributed by atoms with Crippen LogP contribution in [0.4, 0.5) is 0 Å². The van der Waals surface area contributed by atoms with E-state index in [1.165, 1.54) is 0 Å². The molecule has 1 heterocycles. The molecular weight excluding hydrogens is 259 g/mol. The number of halogens is 1. The second-order valence-electron chi connectivity index (χ2n) is 2.06. The van der Waals surface area contributed by atoms with Gasteiger partial charge in [-0.2, -0.15) is 0 Å². The van der Waals surface area contributed by atoms with Crippen molar-refractivity contribution in [1.29, 1.82) is 0 Å². The molecule has 11 heavy (non-hydrogen) atoms. The maximum absolute atomic E-state index is 11.1. The third-order valence-electron chi connectivity index (χ3n) is 1.40. The van der Waals surface area contributed by atoms with Gasteiger partial charge >= 0.3 is 71.3 Å². The van der Waals surface area contributed by atoms with Crippen molar-refractivity contribution in [1.82, 2.24) is 0 Å². The van der Waals surface area contributed by atoms with Gasteiger partial charge < -0.3 is 0 Å². The van der Waals surface area contributed by atoms with Crippen molar-refractivity contribution in [2.75, 3.05) is 0 Å². The van der Waals surface area contributed by atoms with Crippen molar-refractivity contribution in [3.05, 3.63) is 33.4 Å². The van der Waals surface area contributed by atoms with Gasteiger partial charge in [-0.1, -0.05) is 0 Å². The molecule has 0 aliphatic carbocycles. The Bertz CT molecular complexity index is 310. The first-order valence-electron chi connectivity index (χ1n) is 2.98. The fourth-order valence-corrected chi connectivity index (χ4v) is 3.12. The fourth-order valence-electron chi connectivity index (χ4n) is 0.908. The van der Waals surface area contributed by atoms with Gasteiger partial charge in [-0.25, -0.2) is 0 Å². The molecule has 0 saturated heterocycles. The number of hydrogen-bond acceptors (Lipinski definition) is 3. The Balaban J connectivity index is 2.60. The molecule has 58 valence electrons. The van der Waals surface area contributed by atoms with Crippen LogP contribution in [0.25, 0.3) is 0 Å². The monoisotopic (exact) mass is 263 g/mol. The Morgan fingerprint density at radius 1 is 1.36 bits per heavy atom. The van der Waals surface area contributed by atoms with Gasteiger partial charge in [-0.15, -0.1) is 0 Å². The number of carbonyl (C=O) groups is 1. The van der Waals surface area contributed by atoms with Gasteiger partial charge in [0.1, 0.15) is 0 Å². The summed E-state index contributed by atoms with van der Waals surface area (Å²) in [6.45, 7) is 0. The van der Waals surface area contributed by atoms with Crippen LogP contribution in [0, 0.1) is 3.57 Å². The minimum atomic E-state index is -2.77. The summed E-state index contributed by atoms with van der Waals surface area (Å²) < 4.78 is 16.3. The molecule has 1 aromatic rings. The van der Waals surface area contributed by atoms with Crippen molar-refractivity contribution in [3.63, 3.8) is 0 Å². The van der Waals surface area contributed by atoms with E-state index >= 15 is 0 Å². The molecule has 4 heteroatoms. The molecule has 0 amide bonds. The summed E-state index contributed by atoms with van der Waals surface area (Å²) in [6.07, 6.45) is 0. The van der Waals surface area contributed by atoms with Gasteiger partial charge in [0.05, 0.1) is 0 Å². The molecule has 0 spiro atoms. The van der Waals surface area contributed by atoms with Crippen molar-refractivity contribution in [3.8, 4) is 0 Å². The van der Waals surface area contributed by atoms with Crippen LogP contribution in [-0.4, -0.2) is 5.97 Å². The van der Waals surface area contributed by atoms with Crippen LogP contribution in [0.2, 0.25) is 0 Å². The number of carbonyl (C=O) groups excluding carboxylic acids is 1. The predicted octanol–water partition coefficient (Wildman–Crippen LogP) is 0.723. The molecule has 1 aliphatic rings. The van der Waals surface area contributed by atoms with E-state index in [-0.39, 0.29) is 0 Å². The second kappa shape index (κ2) is 2.46. The molecule has 0 N–H and O–H groups in total. The second-order valence-corrected chi connectivity index (χ2v) is 4.90. The summed E-state index contributed by atoms with van der Waals surface area (Å²) in [5.74, 6) is -0.444. The molecule has 1 aromatic carbocycles. The molecule has 0 radical (unpaired) electrons. The number of fused-ring (bicyclic) bond motifs is 1. The normalized spacial score (nSPS) is 17.9. The molecule has 0 saturated carbocycles. The standard InChI is InChI=1S/C7H4IO3/c9-7-5-3-1-2-4-6(5)8(10)11-7/h1-4H/q-1. The molecule has 3 nitrogen and oxygen atoms in total. The average Bonchev–Trinajstić information content (AvgIpc) is 2.30. The topological polar surface area (TPSA) is 49.4 Å². The minimum absolute atomic E-state index is 0.444. The van der Waals surface area contributed by atoms with E-state index < -0.39 is 26.6 Å². The van der Waals surface area contributed by atoms with Gasteiger partial charge in [-0.3, -0.25) is 0 Å². The number of benzene rings is 1. The van der Waals surface area contributed by atoms with Crippen molar-refractivity contribution in [2.24, 2.45) is 0 Å². The van der Waals surface area contributed by atoms with Gasteiger partial charge in [0.2, 0.25) is 0 Å². The Hall–Kier alpha value is -0.620. The first-order chi connectivity index (χ1) is 5.29. The first kappa shape index (κ1) is 7.05. The van der Waals surface area contributed by atoms with Gasteiger partial charge in [0, 0.05) is 0 Å². The third-order valence-corrected chi connectivity index (χ3v) is 4.09. The van der Waals surface area contributed by atoms with E-state index in [4.69, 9.17) is 0 Å². The van der Waals surface area contributed by atoms with Gasteiger partial charge in [-0.05, 0) is 0 Å². The quantitative estimate of drug-likeness (QED) is 0.648. The number of hydrogen-bond donors (Lipinski definition) is 0. The van der Waals surface area contributed by atoms with Crippen molar-refractivity contribution >= 4 is 26.6 Å². The van der Waals surface area contributed by atoms with Crippen LogP contribution in [0.1, 0.15) is 10.4 Å². The molecule has 0 bridgehead atoms. The summed E-state index contributed by atoms with van der Waals surface area (Å²) in [5, 5.41) is 0. The Kier molecular flexibility index (Phi) is 1.57. The predicted molar refractivity (Wildman–Crippen MR) is 44.6 cm³/mol. The molecular formula is C7H4IO3-. The molecule has 2 rings (SSSR count). The maximum atomic E-state index is 11.1. The Labute approximate surface area is 71.5 Å². The molecule has 0 fully saturated rings. The zero-order valence-corrected chi connectivity index (χ0v) is 7.57. The van der Waals surface area contributed by atoms with Crippen LogP contribution in [0.3, 0.4) is 0 Å². The van der Waals surface area contributed by atoms with Crippen molar-refractivity contribution < 1.29 is 11.3 Å². The first-order valence-corrected chi connectivity index (χ1v) is 5.82. The Morgan fingerprint density at radius 3 is 2.82 bits per heavy atom. The SMILES string of the molecule is O=C1OI([O-])c2ccccc21. The van der Waals surface area contributed by atoms with E-state index in [0.717, 1.165) is 0 Å². The third kappa shape index (κ3) is 1.02. The summed E-state index contributed by atoms with van der Waals surface area (Å²) in [6, 6.07) is 6.80. The summed E-state index contributed by atoms with van der Waals surface area (Å²) in [4.78, 5) is 10.9. The fraction of sp³-hybridized carbons (Fsp3) is 0.